The van der Waals surface area contributed by atoms with E-state index in [4.69, 9.17) is 4.74 Å². The van der Waals surface area contributed by atoms with Crippen LogP contribution in [0.3, 0.4) is 0 Å². The SMILES string of the molecule is COc1ccc2c3c([nH]c2c1)C(=O)c1c(C)cc(=O)n(C)c1C3=O. The van der Waals surface area contributed by atoms with Crippen molar-refractivity contribution in [2.75, 3.05) is 7.11 Å². The third-order valence-electron chi connectivity index (χ3n) is 4.54. The molecule has 3 aromatic rings. The van der Waals surface area contributed by atoms with Crippen molar-refractivity contribution < 1.29 is 14.3 Å². The van der Waals surface area contributed by atoms with E-state index >= 15 is 0 Å². The van der Waals surface area contributed by atoms with E-state index < -0.39 is 0 Å². The number of nitrogens with one attached hydrogen (secondary N) is 1. The Morgan fingerprint density at radius 3 is 2.50 bits per heavy atom. The fourth-order valence-electron chi connectivity index (χ4n) is 3.32. The highest BCUT2D eigenvalue weighted by atomic mass is 16.5. The molecule has 120 valence electrons. The van der Waals surface area contributed by atoms with E-state index in [-0.39, 0.29) is 34.1 Å². The minimum Gasteiger partial charge on any atom is -0.497 e. The van der Waals surface area contributed by atoms with Crippen LogP contribution in [0.5, 0.6) is 5.75 Å². The van der Waals surface area contributed by atoms with Gasteiger partial charge in [-0.1, -0.05) is 0 Å². The Hall–Kier alpha value is -3.15. The summed E-state index contributed by atoms with van der Waals surface area (Å²) in [5.74, 6) is 0.0317. The molecule has 6 heteroatoms. The number of carbonyl (C=O) groups excluding carboxylic acids is 2. The number of pyridine rings is 1. The summed E-state index contributed by atoms with van der Waals surface area (Å²) in [6.07, 6.45) is 0. The second kappa shape index (κ2) is 4.67. The van der Waals surface area contributed by atoms with E-state index in [1.807, 2.05) is 0 Å². The molecule has 0 fully saturated rings. The highest BCUT2D eigenvalue weighted by Gasteiger charge is 2.36. The van der Waals surface area contributed by atoms with Crippen molar-refractivity contribution in [3.63, 3.8) is 0 Å². The molecule has 2 heterocycles. The van der Waals surface area contributed by atoms with Gasteiger partial charge in [-0.05, 0) is 24.6 Å². The van der Waals surface area contributed by atoms with Gasteiger partial charge in [0.05, 0.1) is 29.4 Å². The lowest BCUT2D eigenvalue weighted by molar-refractivity contribution is 0.0970. The number of carbonyl (C=O) groups is 2. The number of aromatic nitrogens is 2. The van der Waals surface area contributed by atoms with Gasteiger partial charge in [-0.3, -0.25) is 14.4 Å². The van der Waals surface area contributed by atoms with Gasteiger partial charge in [0.15, 0.2) is 0 Å². The van der Waals surface area contributed by atoms with Crippen molar-refractivity contribution in [3.8, 4) is 5.75 Å². The number of nitrogens with zero attached hydrogens (tertiary/aromatic N) is 1. The first kappa shape index (κ1) is 14.4. The molecule has 0 saturated heterocycles. The average molecular weight is 322 g/mol. The molecule has 1 aliphatic carbocycles. The minimum atomic E-state index is -0.320. The quantitative estimate of drug-likeness (QED) is 0.581. The predicted octanol–water partition coefficient (Wildman–Crippen LogP) is 1.96. The standard InChI is InChI=1S/C18H14N2O4/c1-8-6-12(21)20(2)16-13(8)17(22)15-14(18(16)23)10-5-4-9(24-3)7-11(10)19-15/h4-7,19H,1-3H3. The van der Waals surface area contributed by atoms with E-state index in [9.17, 15) is 14.4 Å². The summed E-state index contributed by atoms with van der Waals surface area (Å²) >= 11 is 0. The lowest BCUT2D eigenvalue weighted by atomic mass is 9.87. The summed E-state index contributed by atoms with van der Waals surface area (Å²) in [5.41, 5.74) is 1.85. The van der Waals surface area contributed by atoms with E-state index in [1.165, 1.54) is 17.7 Å². The number of methoxy groups -OCH3 is 1. The van der Waals surface area contributed by atoms with Gasteiger partial charge in [0.2, 0.25) is 11.6 Å². The highest BCUT2D eigenvalue weighted by molar-refractivity contribution is 6.31. The molecule has 0 spiro atoms. The Kier molecular flexibility index (Phi) is 2.81. The van der Waals surface area contributed by atoms with Crippen LogP contribution >= 0.6 is 0 Å². The first-order valence-electron chi connectivity index (χ1n) is 7.43. The molecule has 0 atom stereocenters. The van der Waals surface area contributed by atoms with E-state index in [2.05, 4.69) is 4.98 Å². The van der Waals surface area contributed by atoms with Crippen LogP contribution in [0.2, 0.25) is 0 Å². The van der Waals surface area contributed by atoms with Gasteiger partial charge in [-0.2, -0.15) is 0 Å². The molecule has 6 nitrogen and oxygen atoms in total. The normalized spacial score (nSPS) is 13.1. The van der Waals surface area contributed by atoms with Crippen molar-refractivity contribution in [1.82, 2.24) is 9.55 Å². The molecule has 1 aliphatic rings. The van der Waals surface area contributed by atoms with Crippen LogP contribution in [0.25, 0.3) is 10.9 Å². The van der Waals surface area contributed by atoms with Crippen LogP contribution < -0.4 is 10.3 Å². The number of rotatable bonds is 1. The first-order chi connectivity index (χ1) is 11.4. The predicted molar refractivity (Wildman–Crippen MR) is 88.1 cm³/mol. The zero-order valence-electron chi connectivity index (χ0n) is 13.4. The van der Waals surface area contributed by atoms with Crippen LogP contribution in [-0.4, -0.2) is 28.2 Å². The summed E-state index contributed by atoms with van der Waals surface area (Å²) < 4.78 is 6.43. The summed E-state index contributed by atoms with van der Waals surface area (Å²) in [4.78, 5) is 41.0. The molecule has 24 heavy (non-hydrogen) atoms. The molecule has 0 radical (unpaired) electrons. The number of benzene rings is 1. The molecule has 4 rings (SSSR count). The van der Waals surface area contributed by atoms with E-state index in [0.717, 1.165) is 0 Å². The van der Waals surface area contributed by atoms with Crippen LogP contribution in [-0.2, 0) is 7.05 Å². The second-order valence-electron chi connectivity index (χ2n) is 5.89. The number of aryl methyl sites for hydroxylation is 1. The van der Waals surface area contributed by atoms with Crippen molar-refractivity contribution in [2.45, 2.75) is 6.92 Å². The number of H-pyrrole nitrogens is 1. The number of aromatic amines is 1. The van der Waals surface area contributed by atoms with Crippen LogP contribution in [0, 0.1) is 6.92 Å². The maximum Gasteiger partial charge on any atom is 0.251 e. The van der Waals surface area contributed by atoms with Crippen molar-refractivity contribution in [3.05, 3.63) is 62.7 Å². The van der Waals surface area contributed by atoms with Gasteiger partial charge in [0, 0.05) is 24.6 Å². The summed E-state index contributed by atoms with van der Waals surface area (Å²) in [7, 11) is 3.06. The number of hydrogen-bond donors (Lipinski definition) is 1. The number of ketones is 2. The van der Waals surface area contributed by atoms with Gasteiger partial charge in [-0.25, -0.2) is 0 Å². The summed E-state index contributed by atoms with van der Waals surface area (Å²) in [6.45, 7) is 1.67. The molecule has 0 amide bonds. The molecule has 1 aromatic carbocycles. The highest BCUT2D eigenvalue weighted by Crippen LogP contribution is 2.34. The number of hydrogen-bond acceptors (Lipinski definition) is 4. The third-order valence-corrected chi connectivity index (χ3v) is 4.54. The van der Waals surface area contributed by atoms with E-state index in [0.29, 0.717) is 27.8 Å². The van der Waals surface area contributed by atoms with Crippen molar-refractivity contribution >= 4 is 22.5 Å². The van der Waals surface area contributed by atoms with Gasteiger partial charge in [0.1, 0.15) is 11.4 Å². The molecule has 0 aliphatic heterocycles. The molecular weight excluding hydrogens is 308 g/mol. The Bertz CT molecular complexity index is 1120. The molecule has 0 saturated carbocycles. The van der Waals surface area contributed by atoms with Gasteiger partial charge >= 0.3 is 0 Å². The smallest absolute Gasteiger partial charge is 0.251 e. The van der Waals surface area contributed by atoms with E-state index in [1.54, 1.807) is 32.2 Å². The maximum absolute atomic E-state index is 13.0. The summed E-state index contributed by atoms with van der Waals surface area (Å²) in [6, 6.07) is 6.60. The summed E-state index contributed by atoms with van der Waals surface area (Å²) in [5, 5.41) is 0.642. The fraction of sp³-hybridized carbons (Fsp3) is 0.167. The van der Waals surface area contributed by atoms with Crippen LogP contribution in [0.15, 0.2) is 29.1 Å². The Morgan fingerprint density at radius 1 is 1.04 bits per heavy atom. The Morgan fingerprint density at radius 2 is 1.79 bits per heavy atom. The maximum atomic E-state index is 13.0. The molecule has 2 aromatic heterocycles. The fourth-order valence-corrected chi connectivity index (χ4v) is 3.32. The second-order valence-corrected chi connectivity index (χ2v) is 5.89. The monoisotopic (exact) mass is 322 g/mol. The topological polar surface area (TPSA) is 81.2 Å². The molecular formula is C18H14N2O4. The lowest BCUT2D eigenvalue weighted by Gasteiger charge is -2.19. The third kappa shape index (κ3) is 1.68. The van der Waals surface area contributed by atoms with Gasteiger partial charge < -0.3 is 14.3 Å². The molecule has 0 unspecified atom stereocenters. The molecule has 1 N–H and O–H groups in total. The zero-order valence-corrected chi connectivity index (χ0v) is 13.4. The Balaban J connectivity index is 2.11. The van der Waals surface area contributed by atoms with Crippen molar-refractivity contribution in [1.29, 1.82) is 0 Å². The minimum absolute atomic E-state index is 0.147. The van der Waals surface area contributed by atoms with Crippen molar-refractivity contribution in [2.24, 2.45) is 7.05 Å². The Labute approximate surface area is 136 Å². The first-order valence-corrected chi connectivity index (χ1v) is 7.43. The largest absolute Gasteiger partial charge is 0.497 e. The van der Waals surface area contributed by atoms with Crippen LogP contribution in [0.1, 0.15) is 37.7 Å². The van der Waals surface area contributed by atoms with Crippen LogP contribution in [0.4, 0.5) is 0 Å². The number of ether oxygens (including phenoxy) is 1. The average Bonchev–Trinajstić information content (AvgIpc) is 2.94. The van der Waals surface area contributed by atoms with Gasteiger partial charge in [0.25, 0.3) is 5.56 Å². The number of fused-ring (bicyclic) bond motifs is 4. The lowest BCUT2D eigenvalue weighted by Crippen LogP contribution is -2.31. The zero-order chi connectivity index (χ0) is 17.2. The van der Waals surface area contributed by atoms with Gasteiger partial charge in [-0.15, -0.1) is 0 Å². The molecule has 0 bridgehead atoms.